The lowest BCUT2D eigenvalue weighted by Gasteiger charge is -2.13. The number of hydrogen-bond acceptors (Lipinski definition) is 3. The summed E-state index contributed by atoms with van der Waals surface area (Å²) in [6.07, 6.45) is 1.12. The Morgan fingerprint density at radius 3 is 2.64 bits per heavy atom. The first-order valence-electron chi connectivity index (χ1n) is 7.60. The zero-order valence-corrected chi connectivity index (χ0v) is 14.5. The van der Waals surface area contributed by atoms with E-state index in [1.165, 1.54) is 11.1 Å². The molecule has 0 spiro atoms. The molecule has 0 aliphatic rings. The lowest BCUT2D eigenvalue weighted by Crippen LogP contribution is -2.19. The number of benzene rings is 2. The van der Waals surface area contributed by atoms with Gasteiger partial charge < -0.3 is 15.4 Å². The molecule has 0 heterocycles. The molecule has 0 saturated heterocycles. The lowest BCUT2D eigenvalue weighted by atomic mass is 10.2. The van der Waals surface area contributed by atoms with E-state index in [4.69, 9.17) is 4.74 Å². The van der Waals surface area contributed by atoms with Gasteiger partial charge >= 0.3 is 0 Å². The van der Waals surface area contributed by atoms with Crippen LogP contribution in [-0.4, -0.2) is 20.1 Å². The van der Waals surface area contributed by atoms with E-state index < -0.39 is 0 Å². The number of rotatable bonds is 9. The quantitative estimate of drug-likeness (QED) is 0.666. The SMILES string of the molecule is CNCCCNCc1cc(Br)ccc1OCc1ccccc1. The second-order valence-electron chi connectivity index (χ2n) is 5.16. The van der Waals surface area contributed by atoms with Gasteiger partial charge in [-0.05, 0) is 50.3 Å². The summed E-state index contributed by atoms with van der Waals surface area (Å²) in [7, 11) is 1.98. The van der Waals surface area contributed by atoms with Crippen LogP contribution in [0.5, 0.6) is 5.75 Å². The molecule has 2 rings (SSSR count). The van der Waals surface area contributed by atoms with Crippen molar-refractivity contribution in [3.05, 3.63) is 64.1 Å². The van der Waals surface area contributed by atoms with E-state index in [1.54, 1.807) is 0 Å². The molecule has 0 radical (unpaired) electrons. The number of nitrogens with one attached hydrogen (secondary N) is 2. The molecule has 0 bridgehead atoms. The van der Waals surface area contributed by atoms with Gasteiger partial charge in [-0.15, -0.1) is 0 Å². The maximum atomic E-state index is 5.98. The van der Waals surface area contributed by atoms with Crippen LogP contribution in [0.3, 0.4) is 0 Å². The molecule has 0 fully saturated rings. The fraction of sp³-hybridized carbons (Fsp3) is 0.333. The molecule has 0 atom stereocenters. The summed E-state index contributed by atoms with van der Waals surface area (Å²) in [6.45, 7) is 3.43. The van der Waals surface area contributed by atoms with Crippen LogP contribution < -0.4 is 15.4 Å². The highest BCUT2D eigenvalue weighted by atomic mass is 79.9. The highest BCUT2D eigenvalue weighted by molar-refractivity contribution is 9.10. The van der Waals surface area contributed by atoms with Crippen molar-refractivity contribution in [3.63, 3.8) is 0 Å². The monoisotopic (exact) mass is 362 g/mol. The first-order valence-corrected chi connectivity index (χ1v) is 8.39. The van der Waals surface area contributed by atoms with E-state index in [0.717, 1.165) is 36.3 Å². The van der Waals surface area contributed by atoms with E-state index in [1.807, 2.05) is 37.4 Å². The Balaban J connectivity index is 1.92. The van der Waals surface area contributed by atoms with Crippen LogP contribution in [0.2, 0.25) is 0 Å². The third kappa shape index (κ3) is 5.79. The largest absolute Gasteiger partial charge is 0.489 e. The molecular weight excluding hydrogens is 340 g/mol. The van der Waals surface area contributed by atoms with Crippen molar-refractivity contribution < 1.29 is 4.74 Å². The van der Waals surface area contributed by atoms with Gasteiger partial charge in [0.25, 0.3) is 0 Å². The van der Waals surface area contributed by atoms with E-state index in [-0.39, 0.29) is 0 Å². The normalized spacial score (nSPS) is 10.6. The summed E-state index contributed by atoms with van der Waals surface area (Å²) in [5.74, 6) is 0.938. The van der Waals surface area contributed by atoms with Crippen molar-refractivity contribution in [1.29, 1.82) is 0 Å². The minimum Gasteiger partial charge on any atom is -0.489 e. The minimum atomic E-state index is 0.592. The fourth-order valence-corrected chi connectivity index (χ4v) is 2.58. The van der Waals surface area contributed by atoms with Gasteiger partial charge in [-0.1, -0.05) is 46.3 Å². The summed E-state index contributed by atoms with van der Waals surface area (Å²) in [4.78, 5) is 0. The first kappa shape index (κ1) is 17.0. The molecule has 2 aromatic carbocycles. The van der Waals surface area contributed by atoms with Gasteiger partial charge in [-0.3, -0.25) is 0 Å². The van der Waals surface area contributed by atoms with Crippen molar-refractivity contribution in [2.45, 2.75) is 19.6 Å². The predicted octanol–water partition coefficient (Wildman–Crippen LogP) is 3.73. The van der Waals surface area contributed by atoms with Gasteiger partial charge in [0, 0.05) is 16.6 Å². The summed E-state index contributed by atoms with van der Waals surface area (Å²) in [6, 6.07) is 16.4. The molecule has 0 unspecified atom stereocenters. The molecule has 0 amide bonds. The zero-order valence-electron chi connectivity index (χ0n) is 12.9. The van der Waals surface area contributed by atoms with Gasteiger partial charge in [0.2, 0.25) is 0 Å². The van der Waals surface area contributed by atoms with Gasteiger partial charge in [-0.25, -0.2) is 0 Å². The van der Waals surface area contributed by atoms with E-state index in [9.17, 15) is 0 Å². The van der Waals surface area contributed by atoms with Crippen LogP contribution in [-0.2, 0) is 13.2 Å². The molecule has 0 saturated carbocycles. The van der Waals surface area contributed by atoms with E-state index in [2.05, 4.69) is 44.8 Å². The van der Waals surface area contributed by atoms with Crippen LogP contribution in [0, 0.1) is 0 Å². The second-order valence-corrected chi connectivity index (χ2v) is 6.08. The summed E-state index contributed by atoms with van der Waals surface area (Å²) in [5.41, 5.74) is 2.35. The Labute approximate surface area is 141 Å². The molecule has 3 nitrogen and oxygen atoms in total. The molecule has 118 valence electrons. The average molecular weight is 363 g/mol. The van der Waals surface area contributed by atoms with Crippen LogP contribution in [0.1, 0.15) is 17.5 Å². The van der Waals surface area contributed by atoms with Crippen molar-refractivity contribution in [2.24, 2.45) is 0 Å². The van der Waals surface area contributed by atoms with Gasteiger partial charge in [0.15, 0.2) is 0 Å². The number of ether oxygens (including phenoxy) is 1. The number of halogens is 1. The van der Waals surface area contributed by atoms with E-state index >= 15 is 0 Å². The topological polar surface area (TPSA) is 33.3 Å². The Hall–Kier alpha value is -1.36. The molecule has 0 aliphatic heterocycles. The Morgan fingerprint density at radius 2 is 1.86 bits per heavy atom. The van der Waals surface area contributed by atoms with Crippen LogP contribution >= 0.6 is 15.9 Å². The summed E-state index contributed by atoms with van der Waals surface area (Å²) >= 11 is 3.53. The fourth-order valence-electron chi connectivity index (χ4n) is 2.18. The minimum absolute atomic E-state index is 0.592. The third-order valence-electron chi connectivity index (χ3n) is 3.36. The summed E-state index contributed by atoms with van der Waals surface area (Å²) < 4.78 is 7.06. The average Bonchev–Trinajstić information content (AvgIpc) is 2.55. The maximum absolute atomic E-state index is 5.98. The molecule has 2 N–H and O–H groups in total. The third-order valence-corrected chi connectivity index (χ3v) is 3.85. The van der Waals surface area contributed by atoms with Crippen LogP contribution in [0.15, 0.2) is 53.0 Å². The highest BCUT2D eigenvalue weighted by Crippen LogP contribution is 2.24. The van der Waals surface area contributed by atoms with Gasteiger partial charge in [-0.2, -0.15) is 0 Å². The van der Waals surface area contributed by atoms with Crippen molar-refractivity contribution in [1.82, 2.24) is 10.6 Å². The van der Waals surface area contributed by atoms with Crippen LogP contribution in [0.4, 0.5) is 0 Å². The molecule has 2 aromatic rings. The predicted molar refractivity (Wildman–Crippen MR) is 95.2 cm³/mol. The first-order chi connectivity index (χ1) is 10.8. The van der Waals surface area contributed by atoms with Crippen molar-refractivity contribution >= 4 is 15.9 Å². The molecule has 0 aromatic heterocycles. The Morgan fingerprint density at radius 1 is 1.05 bits per heavy atom. The summed E-state index contributed by atoms with van der Waals surface area (Å²) in [5, 5.41) is 6.61. The standard InChI is InChI=1S/C18H23BrN2O/c1-20-10-5-11-21-13-16-12-17(19)8-9-18(16)22-14-15-6-3-2-4-7-15/h2-4,6-9,12,20-21H,5,10-11,13-14H2,1H3. The van der Waals surface area contributed by atoms with E-state index in [0.29, 0.717) is 6.61 Å². The van der Waals surface area contributed by atoms with Gasteiger partial charge in [0.1, 0.15) is 12.4 Å². The lowest BCUT2D eigenvalue weighted by molar-refractivity contribution is 0.302. The molecule has 4 heteroatoms. The Bertz CT molecular complexity index is 560. The molecule has 0 aliphatic carbocycles. The second kappa shape index (κ2) is 9.62. The maximum Gasteiger partial charge on any atom is 0.124 e. The highest BCUT2D eigenvalue weighted by Gasteiger charge is 2.05. The molecular formula is C18H23BrN2O. The Kier molecular flexibility index (Phi) is 7.43. The van der Waals surface area contributed by atoms with Gasteiger partial charge in [0.05, 0.1) is 0 Å². The number of hydrogen-bond donors (Lipinski definition) is 2. The van der Waals surface area contributed by atoms with Crippen molar-refractivity contribution in [3.8, 4) is 5.75 Å². The van der Waals surface area contributed by atoms with Crippen LogP contribution in [0.25, 0.3) is 0 Å². The smallest absolute Gasteiger partial charge is 0.124 e. The van der Waals surface area contributed by atoms with Crippen molar-refractivity contribution in [2.75, 3.05) is 20.1 Å². The zero-order chi connectivity index (χ0) is 15.6. The molecule has 22 heavy (non-hydrogen) atoms.